The Bertz CT molecular complexity index is 680. The Morgan fingerprint density at radius 1 is 1.20 bits per heavy atom. The van der Waals surface area contributed by atoms with Gasteiger partial charge in [0, 0.05) is 23.9 Å². The second-order valence-corrected chi connectivity index (χ2v) is 5.40. The van der Waals surface area contributed by atoms with Crippen LogP contribution in [0.5, 0.6) is 11.5 Å². The molecule has 0 spiro atoms. The van der Waals surface area contributed by atoms with E-state index in [-0.39, 0.29) is 6.79 Å². The van der Waals surface area contributed by atoms with Crippen LogP contribution in [0.15, 0.2) is 16.6 Å². The summed E-state index contributed by atoms with van der Waals surface area (Å²) >= 11 is 3.49. The first kappa shape index (κ1) is 13.2. The van der Waals surface area contributed by atoms with Crippen molar-refractivity contribution in [2.45, 2.75) is 13.8 Å². The van der Waals surface area contributed by atoms with Gasteiger partial charge in [-0.1, -0.05) is 0 Å². The Morgan fingerprint density at radius 3 is 2.75 bits per heavy atom. The average Bonchev–Trinajstić information content (AvgIpc) is 2.90. The van der Waals surface area contributed by atoms with Gasteiger partial charge in [-0.3, -0.25) is 0 Å². The summed E-state index contributed by atoms with van der Waals surface area (Å²) < 4.78 is 11.7. The molecule has 0 bridgehead atoms. The number of nitrogens with zero attached hydrogens (tertiary/aromatic N) is 2. The molecule has 20 heavy (non-hydrogen) atoms. The molecule has 3 rings (SSSR count). The predicted octanol–water partition coefficient (Wildman–Crippen LogP) is 3.29. The molecule has 2 aromatic rings. The normalized spacial score (nSPS) is 12.6. The number of halogens is 1. The van der Waals surface area contributed by atoms with E-state index in [9.17, 15) is 0 Å². The molecule has 104 valence electrons. The highest BCUT2D eigenvalue weighted by atomic mass is 79.9. The second-order valence-electron chi connectivity index (χ2n) is 4.55. The van der Waals surface area contributed by atoms with Crippen LogP contribution in [0.25, 0.3) is 11.4 Å². The van der Waals surface area contributed by atoms with Crippen LogP contribution in [-0.2, 0) is 0 Å². The van der Waals surface area contributed by atoms with Gasteiger partial charge in [0.05, 0.1) is 4.47 Å². The largest absolute Gasteiger partial charge is 0.454 e. The lowest BCUT2D eigenvalue weighted by Crippen LogP contribution is -2.02. The fourth-order valence-corrected chi connectivity index (χ4v) is 2.65. The van der Waals surface area contributed by atoms with Crippen LogP contribution in [0.3, 0.4) is 0 Å². The molecule has 0 atom stereocenters. The van der Waals surface area contributed by atoms with Crippen LogP contribution in [-0.4, -0.2) is 23.8 Å². The van der Waals surface area contributed by atoms with Crippen molar-refractivity contribution in [3.8, 4) is 22.9 Å². The summed E-state index contributed by atoms with van der Waals surface area (Å²) in [4.78, 5) is 9.10. The Hall–Kier alpha value is -1.82. The molecule has 1 N–H and O–H groups in total. The van der Waals surface area contributed by atoms with E-state index in [1.807, 2.05) is 33.0 Å². The standard InChI is InChI=1S/C14H14BrN3O2/c1-7-8(2)17-14(18-13(7)16-3)9-4-10(15)12-11(5-9)19-6-20-12/h4-5H,6H2,1-3H3,(H,16,17,18). The first-order valence-corrected chi connectivity index (χ1v) is 7.02. The maximum atomic E-state index is 5.43. The van der Waals surface area contributed by atoms with Gasteiger partial charge in [-0.2, -0.15) is 0 Å². The second kappa shape index (κ2) is 4.94. The Balaban J connectivity index is 2.14. The molecule has 0 aliphatic carbocycles. The van der Waals surface area contributed by atoms with Gasteiger partial charge in [0.2, 0.25) is 6.79 Å². The number of rotatable bonds is 2. The molecule has 1 aliphatic rings. The van der Waals surface area contributed by atoms with Crippen molar-refractivity contribution in [2.75, 3.05) is 19.2 Å². The van der Waals surface area contributed by atoms with Gasteiger partial charge in [0.15, 0.2) is 17.3 Å². The Labute approximate surface area is 125 Å². The summed E-state index contributed by atoms with van der Waals surface area (Å²) in [6, 6.07) is 3.84. The first-order valence-electron chi connectivity index (χ1n) is 6.22. The lowest BCUT2D eigenvalue weighted by molar-refractivity contribution is 0.173. The molecular formula is C14H14BrN3O2. The average molecular weight is 336 g/mol. The molecule has 0 amide bonds. The number of ether oxygens (including phenoxy) is 2. The molecular weight excluding hydrogens is 322 g/mol. The van der Waals surface area contributed by atoms with Gasteiger partial charge in [0.1, 0.15) is 5.82 Å². The molecule has 1 aromatic heterocycles. The third-order valence-corrected chi connectivity index (χ3v) is 3.90. The minimum absolute atomic E-state index is 0.243. The fourth-order valence-electron chi connectivity index (χ4n) is 2.10. The van der Waals surface area contributed by atoms with Crippen LogP contribution < -0.4 is 14.8 Å². The zero-order chi connectivity index (χ0) is 14.3. The van der Waals surface area contributed by atoms with E-state index in [2.05, 4.69) is 31.2 Å². The summed E-state index contributed by atoms with van der Waals surface area (Å²) in [5.41, 5.74) is 2.89. The summed E-state index contributed by atoms with van der Waals surface area (Å²) in [7, 11) is 1.86. The molecule has 0 unspecified atom stereocenters. The maximum absolute atomic E-state index is 5.43. The van der Waals surface area contributed by atoms with Crippen LogP contribution in [0.1, 0.15) is 11.3 Å². The van der Waals surface area contributed by atoms with E-state index in [0.29, 0.717) is 11.6 Å². The van der Waals surface area contributed by atoms with Gasteiger partial charge in [-0.05, 0) is 41.9 Å². The zero-order valence-corrected chi connectivity index (χ0v) is 13.0. The summed E-state index contributed by atoms with van der Waals surface area (Å²) in [6.07, 6.45) is 0. The van der Waals surface area contributed by atoms with Crippen molar-refractivity contribution < 1.29 is 9.47 Å². The highest BCUT2D eigenvalue weighted by molar-refractivity contribution is 9.10. The van der Waals surface area contributed by atoms with Gasteiger partial charge < -0.3 is 14.8 Å². The first-order chi connectivity index (χ1) is 9.60. The van der Waals surface area contributed by atoms with Gasteiger partial charge in [0.25, 0.3) is 0 Å². The highest BCUT2D eigenvalue weighted by Crippen LogP contribution is 2.42. The Kier molecular flexibility index (Phi) is 3.25. The fraction of sp³-hybridized carbons (Fsp3) is 0.286. The van der Waals surface area contributed by atoms with Gasteiger partial charge >= 0.3 is 0 Å². The summed E-state index contributed by atoms with van der Waals surface area (Å²) in [6.45, 7) is 4.22. The van der Waals surface area contributed by atoms with E-state index in [4.69, 9.17) is 9.47 Å². The summed E-state index contributed by atoms with van der Waals surface area (Å²) in [5.74, 6) is 2.94. The molecule has 1 aliphatic heterocycles. The number of hydrogen-bond donors (Lipinski definition) is 1. The van der Waals surface area contributed by atoms with E-state index >= 15 is 0 Å². The van der Waals surface area contributed by atoms with Crippen LogP contribution in [0.2, 0.25) is 0 Å². The minimum atomic E-state index is 0.243. The molecule has 0 saturated carbocycles. The monoisotopic (exact) mass is 335 g/mol. The molecule has 0 saturated heterocycles. The van der Waals surface area contributed by atoms with Crippen LogP contribution in [0.4, 0.5) is 5.82 Å². The number of aromatic nitrogens is 2. The highest BCUT2D eigenvalue weighted by Gasteiger charge is 2.20. The predicted molar refractivity (Wildman–Crippen MR) is 80.3 cm³/mol. The number of benzene rings is 1. The van der Waals surface area contributed by atoms with Crippen molar-refractivity contribution in [1.82, 2.24) is 9.97 Å². The number of anilines is 1. The maximum Gasteiger partial charge on any atom is 0.231 e. The van der Waals surface area contributed by atoms with Crippen molar-refractivity contribution in [2.24, 2.45) is 0 Å². The van der Waals surface area contributed by atoms with Crippen molar-refractivity contribution >= 4 is 21.7 Å². The van der Waals surface area contributed by atoms with Gasteiger partial charge in [-0.25, -0.2) is 9.97 Å². The molecule has 0 fully saturated rings. The van der Waals surface area contributed by atoms with E-state index < -0.39 is 0 Å². The number of aryl methyl sites for hydroxylation is 1. The molecule has 2 heterocycles. The lowest BCUT2D eigenvalue weighted by atomic mass is 10.1. The number of nitrogens with one attached hydrogen (secondary N) is 1. The van der Waals surface area contributed by atoms with Crippen molar-refractivity contribution in [1.29, 1.82) is 0 Å². The Morgan fingerprint density at radius 2 is 2.00 bits per heavy atom. The minimum Gasteiger partial charge on any atom is -0.454 e. The molecule has 5 nitrogen and oxygen atoms in total. The van der Waals surface area contributed by atoms with Crippen molar-refractivity contribution in [3.63, 3.8) is 0 Å². The van der Waals surface area contributed by atoms with Crippen LogP contribution >= 0.6 is 15.9 Å². The van der Waals surface area contributed by atoms with E-state index in [1.165, 1.54) is 0 Å². The quantitative estimate of drug-likeness (QED) is 0.912. The van der Waals surface area contributed by atoms with Crippen LogP contribution in [0, 0.1) is 13.8 Å². The number of fused-ring (bicyclic) bond motifs is 1. The lowest BCUT2D eigenvalue weighted by Gasteiger charge is -2.10. The molecule has 6 heteroatoms. The van der Waals surface area contributed by atoms with E-state index in [1.54, 1.807) is 0 Å². The van der Waals surface area contributed by atoms with E-state index in [0.717, 1.165) is 32.9 Å². The smallest absolute Gasteiger partial charge is 0.231 e. The molecule has 1 aromatic carbocycles. The topological polar surface area (TPSA) is 56.3 Å². The third-order valence-electron chi connectivity index (χ3n) is 3.31. The summed E-state index contributed by atoms with van der Waals surface area (Å²) in [5, 5.41) is 3.09. The SMILES string of the molecule is CNc1nc(-c2cc(Br)c3c(c2)OCO3)nc(C)c1C. The van der Waals surface area contributed by atoms with Gasteiger partial charge in [-0.15, -0.1) is 0 Å². The number of hydrogen-bond acceptors (Lipinski definition) is 5. The molecule has 0 radical (unpaired) electrons. The zero-order valence-electron chi connectivity index (χ0n) is 11.5. The van der Waals surface area contributed by atoms with Crippen molar-refractivity contribution in [3.05, 3.63) is 27.9 Å². The third kappa shape index (κ3) is 2.10.